The minimum absolute atomic E-state index is 0.515. The number of aromatic nitrogens is 1. The van der Waals surface area contributed by atoms with Crippen LogP contribution in [0, 0.1) is 0 Å². The van der Waals surface area contributed by atoms with Gasteiger partial charge in [0.15, 0.2) is 5.76 Å². The molecule has 4 heteroatoms. The maximum absolute atomic E-state index is 6.14. The van der Waals surface area contributed by atoms with E-state index in [4.69, 9.17) is 20.8 Å². The highest BCUT2D eigenvalue weighted by molar-refractivity contribution is 6.33. The fourth-order valence-electron chi connectivity index (χ4n) is 1.92. The molecule has 2 aromatic carbocycles. The van der Waals surface area contributed by atoms with Crippen molar-refractivity contribution < 1.29 is 9.15 Å². The third-order valence-corrected chi connectivity index (χ3v) is 3.31. The number of nitrogens with zero attached hydrogens (tertiary/aromatic N) is 1. The molecule has 0 aliphatic heterocycles. The molecule has 100 valence electrons. The molecule has 0 bridgehead atoms. The van der Waals surface area contributed by atoms with Gasteiger partial charge in [-0.1, -0.05) is 23.7 Å². The molecular formula is C16H12ClNO2. The number of oxazole rings is 1. The first-order chi connectivity index (χ1) is 9.78. The predicted octanol–water partition coefficient (Wildman–Crippen LogP) is 4.67. The Morgan fingerprint density at radius 1 is 1.05 bits per heavy atom. The number of hydrogen-bond donors (Lipinski definition) is 0. The van der Waals surface area contributed by atoms with Crippen molar-refractivity contribution in [3.05, 3.63) is 59.8 Å². The highest BCUT2D eigenvalue weighted by atomic mass is 35.5. The highest BCUT2D eigenvalue weighted by Crippen LogP contribution is 2.30. The molecule has 0 atom stereocenters. The van der Waals surface area contributed by atoms with Gasteiger partial charge in [-0.25, -0.2) is 4.98 Å². The van der Waals surface area contributed by atoms with Gasteiger partial charge in [-0.3, -0.25) is 0 Å². The van der Waals surface area contributed by atoms with Gasteiger partial charge < -0.3 is 9.15 Å². The lowest BCUT2D eigenvalue weighted by molar-refractivity contribution is 0.415. The largest absolute Gasteiger partial charge is 0.497 e. The predicted molar refractivity (Wildman–Crippen MR) is 78.9 cm³/mol. The van der Waals surface area contributed by atoms with E-state index in [1.807, 2.05) is 48.5 Å². The Morgan fingerprint density at radius 3 is 2.50 bits per heavy atom. The summed E-state index contributed by atoms with van der Waals surface area (Å²) in [5.41, 5.74) is 1.73. The maximum atomic E-state index is 6.14. The third kappa shape index (κ3) is 2.40. The zero-order valence-corrected chi connectivity index (χ0v) is 11.6. The van der Waals surface area contributed by atoms with Gasteiger partial charge in [-0.05, 0) is 36.4 Å². The van der Waals surface area contributed by atoms with Crippen molar-refractivity contribution in [2.75, 3.05) is 7.11 Å². The Hall–Kier alpha value is -2.26. The van der Waals surface area contributed by atoms with E-state index < -0.39 is 0 Å². The van der Waals surface area contributed by atoms with Crippen LogP contribution in [0.2, 0.25) is 5.02 Å². The van der Waals surface area contributed by atoms with E-state index in [-0.39, 0.29) is 0 Å². The van der Waals surface area contributed by atoms with E-state index in [1.165, 1.54) is 0 Å². The van der Waals surface area contributed by atoms with Gasteiger partial charge in [0.2, 0.25) is 5.89 Å². The number of rotatable bonds is 3. The number of methoxy groups -OCH3 is 1. The second-order valence-electron chi connectivity index (χ2n) is 4.24. The lowest BCUT2D eigenvalue weighted by Crippen LogP contribution is -1.81. The summed E-state index contributed by atoms with van der Waals surface area (Å²) < 4.78 is 10.9. The van der Waals surface area contributed by atoms with E-state index in [1.54, 1.807) is 13.3 Å². The summed E-state index contributed by atoms with van der Waals surface area (Å²) in [5, 5.41) is 0.621. The Kier molecular flexibility index (Phi) is 3.44. The first-order valence-electron chi connectivity index (χ1n) is 6.13. The van der Waals surface area contributed by atoms with Gasteiger partial charge >= 0.3 is 0 Å². The summed E-state index contributed by atoms with van der Waals surface area (Å²) in [6.45, 7) is 0. The summed E-state index contributed by atoms with van der Waals surface area (Å²) in [6, 6.07) is 15.1. The minimum atomic E-state index is 0.515. The van der Waals surface area contributed by atoms with E-state index in [9.17, 15) is 0 Å². The number of ether oxygens (including phenoxy) is 1. The third-order valence-electron chi connectivity index (χ3n) is 2.98. The van der Waals surface area contributed by atoms with Crippen molar-refractivity contribution in [1.82, 2.24) is 4.98 Å². The van der Waals surface area contributed by atoms with Crippen LogP contribution in [0.15, 0.2) is 59.1 Å². The molecule has 0 fully saturated rings. The molecule has 20 heavy (non-hydrogen) atoms. The van der Waals surface area contributed by atoms with Crippen LogP contribution < -0.4 is 4.74 Å². The monoisotopic (exact) mass is 285 g/mol. The quantitative estimate of drug-likeness (QED) is 0.701. The van der Waals surface area contributed by atoms with Crippen LogP contribution in [0.25, 0.3) is 22.8 Å². The molecule has 0 N–H and O–H groups in total. The summed E-state index contributed by atoms with van der Waals surface area (Å²) in [5.74, 6) is 2.02. The lowest BCUT2D eigenvalue weighted by atomic mass is 10.2. The van der Waals surface area contributed by atoms with Gasteiger partial charge in [0, 0.05) is 5.56 Å². The average molecular weight is 286 g/mol. The molecule has 0 unspecified atom stereocenters. The minimum Gasteiger partial charge on any atom is -0.497 e. The van der Waals surface area contributed by atoms with E-state index in [2.05, 4.69) is 4.98 Å². The molecule has 3 aromatic rings. The topological polar surface area (TPSA) is 35.3 Å². The van der Waals surface area contributed by atoms with Gasteiger partial charge in [0.25, 0.3) is 0 Å². The van der Waals surface area contributed by atoms with Crippen LogP contribution in [-0.2, 0) is 0 Å². The van der Waals surface area contributed by atoms with E-state index in [0.29, 0.717) is 16.7 Å². The second-order valence-corrected chi connectivity index (χ2v) is 4.65. The van der Waals surface area contributed by atoms with E-state index >= 15 is 0 Å². The summed E-state index contributed by atoms with van der Waals surface area (Å²) in [6.07, 6.45) is 1.69. The normalized spacial score (nSPS) is 10.5. The first-order valence-corrected chi connectivity index (χ1v) is 6.51. The molecule has 0 spiro atoms. The van der Waals surface area contributed by atoms with Crippen LogP contribution in [0.1, 0.15) is 0 Å². The molecule has 0 saturated heterocycles. The number of benzene rings is 2. The Bertz CT molecular complexity index is 719. The van der Waals surface area contributed by atoms with Crippen molar-refractivity contribution in [3.63, 3.8) is 0 Å². The molecular weight excluding hydrogens is 274 g/mol. The maximum Gasteiger partial charge on any atom is 0.228 e. The standard InChI is InChI=1S/C16H12ClNO2/c1-19-12-8-6-11(7-9-12)15-10-18-16(20-15)13-4-2-3-5-14(13)17/h2-10H,1H3. The Labute approximate surface area is 121 Å². The smallest absolute Gasteiger partial charge is 0.228 e. The Morgan fingerprint density at radius 2 is 1.80 bits per heavy atom. The molecule has 3 nitrogen and oxygen atoms in total. The fraction of sp³-hybridized carbons (Fsp3) is 0.0625. The zero-order chi connectivity index (χ0) is 13.9. The zero-order valence-electron chi connectivity index (χ0n) is 10.8. The van der Waals surface area contributed by atoms with Crippen LogP contribution in [0.5, 0.6) is 5.75 Å². The molecule has 0 aliphatic carbocycles. The van der Waals surface area contributed by atoms with Crippen molar-refractivity contribution in [3.8, 4) is 28.5 Å². The molecule has 0 radical (unpaired) electrons. The second kappa shape index (κ2) is 5.39. The van der Waals surface area contributed by atoms with Gasteiger partial charge in [0.1, 0.15) is 5.75 Å². The summed E-state index contributed by atoms with van der Waals surface area (Å²) in [4.78, 5) is 4.28. The summed E-state index contributed by atoms with van der Waals surface area (Å²) >= 11 is 6.14. The van der Waals surface area contributed by atoms with Crippen molar-refractivity contribution in [1.29, 1.82) is 0 Å². The van der Waals surface area contributed by atoms with Gasteiger partial charge in [-0.2, -0.15) is 0 Å². The molecule has 0 amide bonds. The molecule has 0 saturated carbocycles. The fourth-order valence-corrected chi connectivity index (χ4v) is 2.14. The van der Waals surface area contributed by atoms with Crippen LogP contribution in [0.3, 0.4) is 0 Å². The van der Waals surface area contributed by atoms with E-state index in [0.717, 1.165) is 16.9 Å². The first kappa shape index (κ1) is 12.8. The van der Waals surface area contributed by atoms with Crippen LogP contribution in [-0.4, -0.2) is 12.1 Å². The number of hydrogen-bond acceptors (Lipinski definition) is 3. The van der Waals surface area contributed by atoms with Gasteiger partial charge in [-0.15, -0.1) is 0 Å². The van der Waals surface area contributed by atoms with Crippen LogP contribution >= 0.6 is 11.6 Å². The summed E-state index contributed by atoms with van der Waals surface area (Å²) in [7, 11) is 1.64. The molecule has 0 aliphatic rings. The molecule has 1 heterocycles. The van der Waals surface area contributed by atoms with Crippen molar-refractivity contribution >= 4 is 11.6 Å². The Balaban J connectivity index is 1.95. The SMILES string of the molecule is COc1ccc(-c2cnc(-c3ccccc3Cl)o2)cc1. The van der Waals surface area contributed by atoms with Crippen molar-refractivity contribution in [2.45, 2.75) is 0 Å². The molecule has 1 aromatic heterocycles. The number of halogens is 1. The van der Waals surface area contributed by atoms with Crippen LogP contribution in [0.4, 0.5) is 0 Å². The van der Waals surface area contributed by atoms with Gasteiger partial charge in [0.05, 0.1) is 23.9 Å². The lowest BCUT2D eigenvalue weighted by Gasteiger charge is -2.01. The average Bonchev–Trinajstić information content (AvgIpc) is 2.97. The molecule has 3 rings (SSSR count). The highest BCUT2D eigenvalue weighted by Gasteiger charge is 2.11. The van der Waals surface area contributed by atoms with Crippen molar-refractivity contribution in [2.24, 2.45) is 0 Å².